The molecule has 0 fully saturated rings. The highest BCUT2D eigenvalue weighted by molar-refractivity contribution is 6.00. The van der Waals surface area contributed by atoms with Crippen LogP contribution in [0.4, 0.5) is 5.69 Å². The Morgan fingerprint density at radius 2 is 1.88 bits per heavy atom. The Labute approximate surface area is 104 Å². The van der Waals surface area contributed by atoms with Gasteiger partial charge in [-0.05, 0) is 32.4 Å². The van der Waals surface area contributed by atoms with Crippen molar-refractivity contribution in [3.05, 3.63) is 29.8 Å². The summed E-state index contributed by atoms with van der Waals surface area (Å²) in [5.41, 5.74) is 1.49. The van der Waals surface area contributed by atoms with E-state index in [4.69, 9.17) is 0 Å². The number of amides is 1. The first-order chi connectivity index (χ1) is 7.87. The van der Waals surface area contributed by atoms with Gasteiger partial charge in [-0.15, -0.1) is 0 Å². The standard InChI is InChI=1S/C14H22N2O/c1-6-14(2,3)15-13(17)11-9-7-8-10-12(11)16(4)5/h7-10H,6H2,1-5H3,(H,15,17). The lowest BCUT2D eigenvalue weighted by Crippen LogP contribution is -2.43. The van der Waals surface area contributed by atoms with E-state index < -0.39 is 0 Å². The average molecular weight is 234 g/mol. The number of nitrogens with one attached hydrogen (secondary N) is 1. The minimum absolute atomic E-state index is 0.0128. The number of para-hydroxylation sites is 1. The van der Waals surface area contributed by atoms with Crippen molar-refractivity contribution in [2.75, 3.05) is 19.0 Å². The maximum atomic E-state index is 12.2. The van der Waals surface area contributed by atoms with Gasteiger partial charge in [-0.3, -0.25) is 4.79 Å². The third-order valence-electron chi connectivity index (χ3n) is 2.97. The smallest absolute Gasteiger partial charge is 0.253 e. The Balaban J connectivity index is 2.97. The van der Waals surface area contributed by atoms with E-state index in [1.165, 1.54) is 0 Å². The molecule has 0 aromatic heterocycles. The number of hydrogen-bond acceptors (Lipinski definition) is 2. The van der Waals surface area contributed by atoms with Crippen molar-refractivity contribution in [3.8, 4) is 0 Å². The van der Waals surface area contributed by atoms with Gasteiger partial charge in [0.05, 0.1) is 5.56 Å². The molecule has 94 valence electrons. The summed E-state index contributed by atoms with van der Waals surface area (Å²) >= 11 is 0. The third-order valence-corrected chi connectivity index (χ3v) is 2.97. The molecule has 0 aliphatic rings. The van der Waals surface area contributed by atoms with Crippen LogP contribution >= 0.6 is 0 Å². The fourth-order valence-corrected chi connectivity index (χ4v) is 1.52. The number of rotatable bonds is 4. The quantitative estimate of drug-likeness (QED) is 0.868. The van der Waals surface area contributed by atoms with Crippen LogP contribution in [0.15, 0.2) is 24.3 Å². The van der Waals surface area contributed by atoms with E-state index in [1.54, 1.807) is 0 Å². The maximum Gasteiger partial charge on any atom is 0.253 e. The molecule has 0 spiro atoms. The zero-order valence-electron chi connectivity index (χ0n) is 11.4. The second-order valence-electron chi connectivity index (χ2n) is 5.10. The Morgan fingerprint density at radius 3 is 2.41 bits per heavy atom. The molecule has 1 amide bonds. The van der Waals surface area contributed by atoms with Gasteiger partial charge in [0.25, 0.3) is 5.91 Å². The molecule has 0 bridgehead atoms. The highest BCUT2D eigenvalue weighted by Crippen LogP contribution is 2.19. The molecule has 0 saturated carbocycles. The number of benzene rings is 1. The fourth-order valence-electron chi connectivity index (χ4n) is 1.52. The molecule has 1 aromatic carbocycles. The SMILES string of the molecule is CCC(C)(C)NC(=O)c1ccccc1N(C)C. The lowest BCUT2D eigenvalue weighted by Gasteiger charge is -2.26. The molecule has 3 heteroatoms. The molecular formula is C14H22N2O. The van der Waals surface area contributed by atoms with Gasteiger partial charge < -0.3 is 10.2 Å². The minimum Gasteiger partial charge on any atom is -0.377 e. The summed E-state index contributed by atoms with van der Waals surface area (Å²) in [6.45, 7) is 6.13. The van der Waals surface area contributed by atoms with E-state index in [0.717, 1.165) is 17.7 Å². The van der Waals surface area contributed by atoms with Gasteiger partial charge in [0, 0.05) is 25.3 Å². The largest absolute Gasteiger partial charge is 0.377 e. The van der Waals surface area contributed by atoms with E-state index in [2.05, 4.69) is 12.2 Å². The number of carbonyl (C=O) groups is 1. The molecule has 1 rings (SSSR count). The normalized spacial score (nSPS) is 11.1. The first-order valence-electron chi connectivity index (χ1n) is 5.96. The molecular weight excluding hydrogens is 212 g/mol. The lowest BCUT2D eigenvalue weighted by molar-refractivity contribution is 0.0912. The Hall–Kier alpha value is -1.51. The van der Waals surface area contributed by atoms with Crippen molar-refractivity contribution in [2.24, 2.45) is 0 Å². The molecule has 0 atom stereocenters. The van der Waals surface area contributed by atoms with Crippen LogP contribution < -0.4 is 10.2 Å². The summed E-state index contributed by atoms with van der Waals surface area (Å²) in [4.78, 5) is 14.2. The maximum absolute atomic E-state index is 12.2. The van der Waals surface area contributed by atoms with E-state index >= 15 is 0 Å². The van der Waals surface area contributed by atoms with Crippen molar-refractivity contribution in [1.29, 1.82) is 0 Å². The molecule has 0 aliphatic carbocycles. The van der Waals surface area contributed by atoms with Gasteiger partial charge in [0.15, 0.2) is 0 Å². The van der Waals surface area contributed by atoms with Crippen molar-refractivity contribution >= 4 is 11.6 Å². The van der Waals surface area contributed by atoms with E-state index in [9.17, 15) is 4.79 Å². The summed E-state index contributed by atoms with van der Waals surface area (Å²) in [5.74, 6) is -0.0128. The van der Waals surface area contributed by atoms with Crippen LogP contribution in [-0.2, 0) is 0 Å². The minimum atomic E-state index is -0.170. The van der Waals surface area contributed by atoms with Crippen molar-refractivity contribution in [2.45, 2.75) is 32.7 Å². The third kappa shape index (κ3) is 3.48. The number of nitrogens with zero attached hydrogens (tertiary/aromatic N) is 1. The van der Waals surface area contributed by atoms with Crippen LogP contribution in [-0.4, -0.2) is 25.5 Å². The van der Waals surface area contributed by atoms with Gasteiger partial charge in [-0.1, -0.05) is 19.1 Å². The van der Waals surface area contributed by atoms with Gasteiger partial charge in [0.2, 0.25) is 0 Å². The van der Waals surface area contributed by atoms with Crippen LogP contribution in [0.25, 0.3) is 0 Å². The molecule has 1 N–H and O–H groups in total. The molecule has 1 aromatic rings. The Bertz CT molecular complexity index is 397. The number of hydrogen-bond donors (Lipinski definition) is 1. The lowest BCUT2D eigenvalue weighted by atomic mass is 10.0. The molecule has 3 nitrogen and oxygen atoms in total. The van der Waals surface area contributed by atoms with E-state index in [1.807, 2.05) is 57.1 Å². The summed E-state index contributed by atoms with van der Waals surface area (Å²) < 4.78 is 0. The Kier molecular flexibility index (Phi) is 4.16. The highest BCUT2D eigenvalue weighted by Gasteiger charge is 2.20. The molecule has 0 aliphatic heterocycles. The van der Waals surface area contributed by atoms with Crippen LogP contribution in [0, 0.1) is 0 Å². The molecule has 0 heterocycles. The second-order valence-corrected chi connectivity index (χ2v) is 5.10. The summed E-state index contributed by atoms with van der Waals surface area (Å²) in [7, 11) is 3.88. The molecule has 0 radical (unpaired) electrons. The number of carbonyl (C=O) groups excluding carboxylic acids is 1. The van der Waals surface area contributed by atoms with Crippen LogP contribution in [0.1, 0.15) is 37.6 Å². The van der Waals surface area contributed by atoms with Gasteiger partial charge in [-0.2, -0.15) is 0 Å². The van der Waals surface area contributed by atoms with E-state index in [-0.39, 0.29) is 11.4 Å². The van der Waals surface area contributed by atoms with Gasteiger partial charge in [0.1, 0.15) is 0 Å². The highest BCUT2D eigenvalue weighted by atomic mass is 16.1. The summed E-state index contributed by atoms with van der Waals surface area (Å²) in [6.07, 6.45) is 0.906. The second kappa shape index (κ2) is 5.21. The fraction of sp³-hybridized carbons (Fsp3) is 0.500. The predicted octanol–water partition coefficient (Wildman–Crippen LogP) is 2.67. The Morgan fingerprint density at radius 1 is 1.29 bits per heavy atom. The first kappa shape index (κ1) is 13.6. The molecule has 0 unspecified atom stereocenters. The van der Waals surface area contributed by atoms with Crippen molar-refractivity contribution in [3.63, 3.8) is 0 Å². The van der Waals surface area contributed by atoms with Crippen molar-refractivity contribution in [1.82, 2.24) is 5.32 Å². The van der Waals surface area contributed by atoms with E-state index in [0.29, 0.717) is 0 Å². The molecule has 17 heavy (non-hydrogen) atoms. The average Bonchev–Trinajstić information content (AvgIpc) is 2.28. The molecule has 0 saturated heterocycles. The summed E-state index contributed by atoms with van der Waals surface area (Å²) in [6, 6.07) is 7.64. The monoisotopic (exact) mass is 234 g/mol. The zero-order valence-corrected chi connectivity index (χ0v) is 11.4. The van der Waals surface area contributed by atoms with Crippen LogP contribution in [0.2, 0.25) is 0 Å². The first-order valence-corrected chi connectivity index (χ1v) is 5.96. The van der Waals surface area contributed by atoms with Crippen LogP contribution in [0.5, 0.6) is 0 Å². The topological polar surface area (TPSA) is 32.3 Å². The number of anilines is 1. The van der Waals surface area contributed by atoms with Crippen molar-refractivity contribution < 1.29 is 4.79 Å². The van der Waals surface area contributed by atoms with Gasteiger partial charge in [-0.25, -0.2) is 0 Å². The zero-order chi connectivity index (χ0) is 13.1. The predicted molar refractivity (Wildman–Crippen MR) is 72.6 cm³/mol. The van der Waals surface area contributed by atoms with Crippen LogP contribution in [0.3, 0.4) is 0 Å². The van der Waals surface area contributed by atoms with Gasteiger partial charge >= 0.3 is 0 Å². The summed E-state index contributed by atoms with van der Waals surface area (Å²) in [5, 5.41) is 3.05.